The molecule has 0 radical (unpaired) electrons. The summed E-state index contributed by atoms with van der Waals surface area (Å²) in [5.74, 6) is 1.04. The first-order valence-electron chi connectivity index (χ1n) is 5.20. The molecule has 0 bridgehead atoms. The van der Waals surface area contributed by atoms with E-state index >= 15 is 0 Å². The van der Waals surface area contributed by atoms with E-state index in [1.165, 1.54) is 0 Å². The average molecular weight is 261 g/mol. The van der Waals surface area contributed by atoms with E-state index in [1.807, 2.05) is 12.1 Å². The van der Waals surface area contributed by atoms with Crippen LogP contribution in [0.2, 0.25) is 5.15 Å². The first kappa shape index (κ1) is 13.8. The van der Waals surface area contributed by atoms with E-state index in [9.17, 15) is 5.11 Å². The van der Waals surface area contributed by atoms with E-state index in [1.54, 1.807) is 18.0 Å². The maximum Gasteiger partial charge on any atom is 0.133 e. The number of halogens is 1. The van der Waals surface area contributed by atoms with Crippen molar-refractivity contribution in [3.05, 3.63) is 29.0 Å². The first-order valence-corrected chi connectivity index (χ1v) is 6.97. The predicted molar refractivity (Wildman–Crippen MR) is 70.0 cm³/mol. The number of hydrogen-bond acceptors (Lipinski definition) is 4. The second kappa shape index (κ2) is 7.90. The van der Waals surface area contributed by atoms with Gasteiger partial charge < -0.3 is 10.4 Å². The highest BCUT2D eigenvalue weighted by atomic mass is 35.5. The Morgan fingerprint density at radius 1 is 1.62 bits per heavy atom. The number of hydrogen-bond donors (Lipinski definition) is 2. The third-order valence-corrected chi connectivity index (χ3v) is 3.29. The third-order valence-electron chi connectivity index (χ3n) is 2.31. The van der Waals surface area contributed by atoms with Gasteiger partial charge in [-0.3, -0.25) is 0 Å². The molecule has 90 valence electrons. The van der Waals surface area contributed by atoms with Crippen molar-refractivity contribution >= 4 is 23.4 Å². The van der Waals surface area contributed by atoms with Crippen molar-refractivity contribution in [2.24, 2.45) is 0 Å². The lowest BCUT2D eigenvalue weighted by Crippen LogP contribution is -2.32. The minimum absolute atomic E-state index is 0.128. The standard InChI is InChI=1S/C11H17ClN2OS/c1-16-6-4-10(8-15)14-7-9-3-2-5-13-11(9)12/h2-3,5,10,14-15H,4,6-8H2,1H3. The Labute approximate surface area is 106 Å². The van der Waals surface area contributed by atoms with Gasteiger partial charge in [0.15, 0.2) is 0 Å². The largest absolute Gasteiger partial charge is 0.395 e. The van der Waals surface area contributed by atoms with Gasteiger partial charge >= 0.3 is 0 Å². The smallest absolute Gasteiger partial charge is 0.133 e. The maximum atomic E-state index is 9.18. The Morgan fingerprint density at radius 3 is 3.06 bits per heavy atom. The summed E-state index contributed by atoms with van der Waals surface area (Å²) in [5, 5.41) is 13.0. The fourth-order valence-electron chi connectivity index (χ4n) is 1.32. The van der Waals surface area contributed by atoms with Crippen LogP contribution in [0.3, 0.4) is 0 Å². The van der Waals surface area contributed by atoms with Gasteiger partial charge in [0.05, 0.1) is 6.61 Å². The van der Waals surface area contributed by atoms with E-state index in [-0.39, 0.29) is 12.6 Å². The van der Waals surface area contributed by atoms with Crippen molar-refractivity contribution in [1.29, 1.82) is 0 Å². The minimum atomic E-state index is 0.128. The van der Waals surface area contributed by atoms with Crippen LogP contribution >= 0.6 is 23.4 Å². The van der Waals surface area contributed by atoms with Crippen molar-refractivity contribution in [3.8, 4) is 0 Å². The molecule has 0 aliphatic heterocycles. The zero-order chi connectivity index (χ0) is 11.8. The van der Waals surface area contributed by atoms with Crippen LogP contribution in [-0.4, -0.2) is 34.7 Å². The van der Waals surface area contributed by atoms with Gasteiger partial charge in [-0.25, -0.2) is 4.98 Å². The molecule has 1 unspecified atom stereocenters. The van der Waals surface area contributed by atoms with Crippen LogP contribution in [-0.2, 0) is 6.54 Å². The molecule has 0 saturated carbocycles. The zero-order valence-corrected chi connectivity index (χ0v) is 10.9. The average Bonchev–Trinajstić information content (AvgIpc) is 2.31. The number of nitrogens with one attached hydrogen (secondary N) is 1. The Balaban J connectivity index is 2.40. The number of nitrogens with zero attached hydrogens (tertiary/aromatic N) is 1. The van der Waals surface area contributed by atoms with Crippen molar-refractivity contribution in [2.45, 2.75) is 19.0 Å². The topological polar surface area (TPSA) is 45.1 Å². The maximum absolute atomic E-state index is 9.18. The highest BCUT2D eigenvalue weighted by Gasteiger charge is 2.07. The van der Waals surface area contributed by atoms with Gasteiger partial charge in [-0.1, -0.05) is 17.7 Å². The van der Waals surface area contributed by atoms with Gasteiger partial charge in [-0.15, -0.1) is 0 Å². The molecule has 3 nitrogen and oxygen atoms in total. The molecule has 16 heavy (non-hydrogen) atoms. The van der Waals surface area contributed by atoms with E-state index in [4.69, 9.17) is 11.6 Å². The number of thioether (sulfide) groups is 1. The summed E-state index contributed by atoms with van der Waals surface area (Å²) in [7, 11) is 0. The third kappa shape index (κ3) is 4.70. The van der Waals surface area contributed by atoms with Crippen molar-refractivity contribution < 1.29 is 5.11 Å². The molecular formula is C11H17ClN2OS. The van der Waals surface area contributed by atoms with Crippen LogP contribution in [0, 0.1) is 0 Å². The quantitative estimate of drug-likeness (QED) is 0.736. The molecule has 1 atom stereocenters. The second-order valence-electron chi connectivity index (χ2n) is 3.50. The van der Waals surface area contributed by atoms with Crippen LogP contribution < -0.4 is 5.32 Å². The molecule has 1 rings (SSSR count). The normalized spacial score (nSPS) is 12.7. The molecule has 2 N–H and O–H groups in total. The predicted octanol–water partition coefficient (Wildman–Crippen LogP) is 1.94. The summed E-state index contributed by atoms with van der Waals surface area (Å²) in [6, 6.07) is 3.92. The Bertz CT molecular complexity index is 312. The molecule has 0 saturated heterocycles. The van der Waals surface area contributed by atoms with Crippen LogP contribution in [0.4, 0.5) is 0 Å². The van der Waals surface area contributed by atoms with Crippen LogP contribution in [0.25, 0.3) is 0 Å². The summed E-state index contributed by atoms with van der Waals surface area (Å²) >= 11 is 7.72. The molecule has 5 heteroatoms. The molecule has 0 aliphatic rings. The van der Waals surface area contributed by atoms with Crippen LogP contribution in [0.5, 0.6) is 0 Å². The van der Waals surface area contributed by atoms with Gasteiger partial charge in [0.1, 0.15) is 5.15 Å². The monoisotopic (exact) mass is 260 g/mol. The lowest BCUT2D eigenvalue weighted by atomic mass is 10.2. The SMILES string of the molecule is CSCCC(CO)NCc1cccnc1Cl. The molecule has 1 heterocycles. The number of rotatable bonds is 7. The van der Waals surface area contributed by atoms with Crippen LogP contribution in [0.1, 0.15) is 12.0 Å². The summed E-state index contributed by atoms with van der Waals surface area (Å²) in [6.07, 6.45) is 4.69. The van der Waals surface area contributed by atoms with Gasteiger partial charge in [-0.2, -0.15) is 11.8 Å². The van der Waals surface area contributed by atoms with E-state index in [0.29, 0.717) is 11.7 Å². The lowest BCUT2D eigenvalue weighted by Gasteiger charge is -2.15. The molecule has 0 spiro atoms. The number of pyridine rings is 1. The van der Waals surface area contributed by atoms with E-state index < -0.39 is 0 Å². The van der Waals surface area contributed by atoms with E-state index in [0.717, 1.165) is 17.7 Å². The van der Waals surface area contributed by atoms with Crippen molar-refractivity contribution in [2.75, 3.05) is 18.6 Å². The van der Waals surface area contributed by atoms with Gasteiger partial charge in [0, 0.05) is 24.3 Å². The molecule has 0 aliphatic carbocycles. The summed E-state index contributed by atoms with van der Waals surface area (Å²) < 4.78 is 0. The Hall–Kier alpha value is -0.290. The first-order chi connectivity index (χ1) is 7.77. The number of aliphatic hydroxyl groups is 1. The fraction of sp³-hybridized carbons (Fsp3) is 0.545. The minimum Gasteiger partial charge on any atom is -0.395 e. The molecule has 1 aromatic heterocycles. The van der Waals surface area contributed by atoms with Crippen molar-refractivity contribution in [3.63, 3.8) is 0 Å². The highest BCUT2D eigenvalue weighted by Crippen LogP contribution is 2.11. The molecule has 0 fully saturated rings. The number of aliphatic hydroxyl groups excluding tert-OH is 1. The molecular weight excluding hydrogens is 244 g/mol. The van der Waals surface area contributed by atoms with Crippen LogP contribution in [0.15, 0.2) is 18.3 Å². The Morgan fingerprint density at radius 2 is 2.44 bits per heavy atom. The van der Waals surface area contributed by atoms with Gasteiger partial charge in [-0.05, 0) is 24.5 Å². The van der Waals surface area contributed by atoms with E-state index in [2.05, 4.69) is 16.6 Å². The van der Waals surface area contributed by atoms with Crippen molar-refractivity contribution in [1.82, 2.24) is 10.3 Å². The lowest BCUT2D eigenvalue weighted by molar-refractivity contribution is 0.239. The summed E-state index contributed by atoms with van der Waals surface area (Å²) in [5.41, 5.74) is 0.965. The van der Waals surface area contributed by atoms with Gasteiger partial charge in [0.2, 0.25) is 0 Å². The summed E-state index contributed by atoms with van der Waals surface area (Å²) in [4.78, 5) is 4.00. The molecule has 0 aromatic carbocycles. The summed E-state index contributed by atoms with van der Waals surface area (Å²) in [6.45, 7) is 0.796. The van der Waals surface area contributed by atoms with Gasteiger partial charge in [0.25, 0.3) is 0 Å². The highest BCUT2D eigenvalue weighted by molar-refractivity contribution is 7.98. The zero-order valence-electron chi connectivity index (χ0n) is 9.32. The number of aromatic nitrogens is 1. The Kier molecular flexibility index (Phi) is 6.80. The molecule has 0 amide bonds. The molecule has 1 aromatic rings. The second-order valence-corrected chi connectivity index (χ2v) is 4.84. The fourth-order valence-corrected chi connectivity index (χ4v) is 2.03.